The summed E-state index contributed by atoms with van der Waals surface area (Å²) in [7, 11) is -3.56. The minimum absolute atomic E-state index is 0.0743. The molecule has 156 valence electrons. The third-order valence-electron chi connectivity index (χ3n) is 5.06. The highest BCUT2D eigenvalue weighted by molar-refractivity contribution is 7.89. The fraction of sp³-hybridized carbons (Fsp3) is 0.286. The molecule has 2 aromatic carbocycles. The molecule has 1 unspecified atom stereocenters. The number of aromatic nitrogens is 2. The van der Waals surface area contributed by atoms with Gasteiger partial charge in [0.05, 0.1) is 4.90 Å². The summed E-state index contributed by atoms with van der Waals surface area (Å²) >= 11 is 1.22. The van der Waals surface area contributed by atoms with Gasteiger partial charge in [-0.05, 0) is 44.0 Å². The second kappa shape index (κ2) is 8.63. The molecular weight excluding hydrogens is 420 g/mol. The van der Waals surface area contributed by atoms with Crippen molar-refractivity contribution >= 4 is 33.0 Å². The Bertz CT molecular complexity index is 1130. The van der Waals surface area contributed by atoms with Crippen molar-refractivity contribution in [3.63, 3.8) is 0 Å². The summed E-state index contributed by atoms with van der Waals surface area (Å²) in [5.74, 6) is -0.389. The van der Waals surface area contributed by atoms with E-state index < -0.39 is 10.0 Å². The number of amides is 1. The Morgan fingerprint density at radius 2 is 1.83 bits per heavy atom. The maximum Gasteiger partial charge on any atom is 0.286 e. The number of benzene rings is 2. The number of rotatable bonds is 5. The van der Waals surface area contributed by atoms with E-state index in [4.69, 9.17) is 0 Å². The van der Waals surface area contributed by atoms with Crippen LogP contribution in [0.25, 0.3) is 0 Å². The Labute approximate surface area is 179 Å². The second-order valence-corrected chi connectivity index (χ2v) is 10.2. The zero-order valence-corrected chi connectivity index (χ0v) is 18.1. The van der Waals surface area contributed by atoms with E-state index in [0.29, 0.717) is 28.7 Å². The summed E-state index contributed by atoms with van der Waals surface area (Å²) in [4.78, 5) is 12.7. The molecule has 1 saturated heterocycles. The fourth-order valence-electron chi connectivity index (χ4n) is 3.42. The van der Waals surface area contributed by atoms with Crippen LogP contribution < -0.4 is 5.32 Å². The maximum atomic E-state index is 13.0. The van der Waals surface area contributed by atoms with Crippen LogP contribution in [0.5, 0.6) is 0 Å². The third kappa shape index (κ3) is 4.43. The van der Waals surface area contributed by atoms with E-state index >= 15 is 0 Å². The van der Waals surface area contributed by atoms with Gasteiger partial charge in [0.2, 0.25) is 15.0 Å². The number of hydrogen-bond donors (Lipinski definition) is 1. The molecule has 1 aliphatic heterocycles. The van der Waals surface area contributed by atoms with Gasteiger partial charge in [-0.2, -0.15) is 4.31 Å². The molecule has 1 amide bonds. The molecule has 30 heavy (non-hydrogen) atoms. The van der Waals surface area contributed by atoms with Crippen LogP contribution in [0.3, 0.4) is 0 Å². The monoisotopic (exact) mass is 442 g/mol. The topological polar surface area (TPSA) is 92.3 Å². The summed E-state index contributed by atoms with van der Waals surface area (Å²) < 4.78 is 27.6. The van der Waals surface area contributed by atoms with Crippen LogP contribution in [-0.4, -0.2) is 41.9 Å². The second-order valence-electron chi connectivity index (χ2n) is 7.28. The Morgan fingerprint density at radius 1 is 1.10 bits per heavy atom. The number of hydrogen-bond acceptors (Lipinski definition) is 6. The van der Waals surface area contributed by atoms with E-state index in [2.05, 4.69) is 15.5 Å². The van der Waals surface area contributed by atoms with Gasteiger partial charge in [0.25, 0.3) is 5.91 Å². The van der Waals surface area contributed by atoms with Crippen molar-refractivity contribution in [2.75, 3.05) is 18.4 Å². The quantitative estimate of drug-likeness (QED) is 0.651. The first kappa shape index (κ1) is 20.6. The largest absolute Gasteiger partial charge is 0.320 e. The predicted octanol–water partition coefficient (Wildman–Crippen LogP) is 3.67. The number of nitrogens with one attached hydrogen (secondary N) is 1. The Morgan fingerprint density at radius 3 is 2.57 bits per heavy atom. The summed E-state index contributed by atoms with van der Waals surface area (Å²) in [6.45, 7) is 2.74. The van der Waals surface area contributed by atoms with Crippen LogP contribution in [0, 0.1) is 6.92 Å². The lowest BCUT2D eigenvalue weighted by Crippen LogP contribution is -2.39. The average Bonchev–Trinajstić information content (AvgIpc) is 3.25. The molecule has 4 rings (SSSR count). The van der Waals surface area contributed by atoms with Gasteiger partial charge in [-0.25, -0.2) is 8.42 Å². The summed E-state index contributed by atoms with van der Waals surface area (Å²) in [5.41, 5.74) is 1.70. The Kier molecular flexibility index (Phi) is 5.94. The van der Waals surface area contributed by atoms with E-state index in [1.165, 1.54) is 15.6 Å². The number of carbonyl (C=O) groups is 1. The van der Waals surface area contributed by atoms with Crippen LogP contribution in [-0.2, 0) is 10.0 Å². The summed E-state index contributed by atoms with van der Waals surface area (Å²) in [6.07, 6.45) is 1.55. The average molecular weight is 443 g/mol. The maximum absolute atomic E-state index is 13.0. The van der Waals surface area contributed by atoms with Crippen molar-refractivity contribution in [3.05, 3.63) is 70.2 Å². The molecule has 0 saturated carbocycles. The Balaban J connectivity index is 1.47. The number of carbonyl (C=O) groups excluding carboxylic acids is 1. The number of aryl methyl sites for hydroxylation is 1. The lowest BCUT2D eigenvalue weighted by Gasteiger charge is -2.30. The molecule has 1 atom stereocenters. The lowest BCUT2D eigenvalue weighted by atomic mass is 10.0. The van der Waals surface area contributed by atoms with Crippen molar-refractivity contribution in [2.45, 2.75) is 30.6 Å². The van der Waals surface area contributed by atoms with Crippen molar-refractivity contribution < 1.29 is 13.2 Å². The number of sulfonamides is 1. The molecule has 0 bridgehead atoms. The van der Waals surface area contributed by atoms with Crippen molar-refractivity contribution in [2.24, 2.45) is 0 Å². The summed E-state index contributed by atoms with van der Waals surface area (Å²) in [5, 5.41) is 12.0. The predicted molar refractivity (Wildman–Crippen MR) is 116 cm³/mol. The van der Waals surface area contributed by atoms with E-state index in [1.54, 1.807) is 36.4 Å². The van der Waals surface area contributed by atoms with Gasteiger partial charge in [0.15, 0.2) is 0 Å². The van der Waals surface area contributed by atoms with Gasteiger partial charge in [0, 0.05) is 24.7 Å². The van der Waals surface area contributed by atoms with E-state index in [9.17, 15) is 13.2 Å². The van der Waals surface area contributed by atoms with Gasteiger partial charge in [-0.3, -0.25) is 4.79 Å². The van der Waals surface area contributed by atoms with Gasteiger partial charge < -0.3 is 5.32 Å². The normalized spacial score (nSPS) is 17.6. The molecule has 7 nitrogen and oxygen atoms in total. The highest BCUT2D eigenvalue weighted by atomic mass is 32.2. The van der Waals surface area contributed by atoms with Crippen LogP contribution in [0.2, 0.25) is 0 Å². The minimum atomic E-state index is -3.56. The SMILES string of the molecule is Cc1ccc(S(=O)(=O)N2CCCC(c3nnc(C(=O)Nc4ccccc4)s3)C2)cc1. The molecule has 2 heterocycles. The summed E-state index contributed by atoms with van der Waals surface area (Å²) in [6, 6.07) is 16.0. The first-order valence-corrected chi connectivity index (χ1v) is 12.0. The first-order valence-electron chi connectivity index (χ1n) is 9.70. The van der Waals surface area contributed by atoms with Crippen LogP contribution in [0.1, 0.15) is 39.1 Å². The fourth-order valence-corrected chi connectivity index (χ4v) is 5.81. The molecule has 0 aliphatic carbocycles. The molecule has 9 heteroatoms. The molecule has 1 aromatic heterocycles. The third-order valence-corrected chi connectivity index (χ3v) is 8.02. The number of para-hydroxylation sites is 1. The van der Waals surface area contributed by atoms with E-state index in [0.717, 1.165) is 18.4 Å². The molecule has 0 spiro atoms. The molecule has 1 aliphatic rings. The Hall–Kier alpha value is -2.62. The van der Waals surface area contributed by atoms with Crippen molar-refractivity contribution in [3.8, 4) is 0 Å². The van der Waals surface area contributed by atoms with E-state index in [1.807, 2.05) is 25.1 Å². The molecular formula is C21H22N4O3S2. The van der Waals surface area contributed by atoms with Crippen LogP contribution >= 0.6 is 11.3 Å². The van der Waals surface area contributed by atoms with Crippen molar-refractivity contribution in [1.29, 1.82) is 0 Å². The smallest absolute Gasteiger partial charge is 0.286 e. The molecule has 3 aromatic rings. The van der Waals surface area contributed by atoms with Gasteiger partial charge in [-0.15, -0.1) is 10.2 Å². The number of anilines is 1. The minimum Gasteiger partial charge on any atom is -0.320 e. The van der Waals surface area contributed by atoms with Crippen molar-refractivity contribution in [1.82, 2.24) is 14.5 Å². The lowest BCUT2D eigenvalue weighted by molar-refractivity contribution is 0.102. The number of piperidine rings is 1. The molecule has 0 radical (unpaired) electrons. The zero-order valence-electron chi connectivity index (χ0n) is 16.5. The van der Waals surface area contributed by atoms with Crippen LogP contribution in [0.15, 0.2) is 59.5 Å². The first-order chi connectivity index (χ1) is 14.4. The zero-order chi connectivity index (χ0) is 21.1. The van der Waals surface area contributed by atoms with Gasteiger partial charge >= 0.3 is 0 Å². The number of nitrogens with zero attached hydrogens (tertiary/aromatic N) is 3. The van der Waals surface area contributed by atoms with Crippen LogP contribution in [0.4, 0.5) is 5.69 Å². The highest BCUT2D eigenvalue weighted by Crippen LogP contribution is 2.32. The highest BCUT2D eigenvalue weighted by Gasteiger charge is 2.32. The van der Waals surface area contributed by atoms with Gasteiger partial charge in [-0.1, -0.05) is 47.2 Å². The molecule has 1 N–H and O–H groups in total. The van der Waals surface area contributed by atoms with E-state index in [-0.39, 0.29) is 16.8 Å². The standard InChI is InChI=1S/C21H22N4O3S2/c1-15-9-11-18(12-10-15)30(27,28)25-13-5-6-16(14-25)20-23-24-21(29-20)19(26)22-17-7-3-2-4-8-17/h2-4,7-12,16H,5-6,13-14H2,1H3,(H,22,26). The molecule has 1 fully saturated rings. The van der Waals surface area contributed by atoms with Gasteiger partial charge in [0.1, 0.15) is 5.01 Å².